The lowest BCUT2D eigenvalue weighted by Crippen LogP contribution is -2.64. The number of nitrogens with one attached hydrogen (secondary N) is 6. The number of ether oxygens (including phenoxy) is 1. The molecule has 5 heterocycles. The summed E-state index contributed by atoms with van der Waals surface area (Å²) in [5.74, 6) is -9.12. The number of likely N-dealkylation sites (tertiary alicyclic amines) is 1. The van der Waals surface area contributed by atoms with Crippen LogP contribution in [-0.4, -0.2) is 269 Å². The minimum atomic E-state index is -2.16. The van der Waals surface area contributed by atoms with Gasteiger partial charge in [-0.2, -0.15) is 0 Å². The molecule has 13 atom stereocenters. The third-order valence-corrected chi connectivity index (χ3v) is 20.0. The maximum absolute atomic E-state index is 15.0. The van der Waals surface area contributed by atoms with Gasteiger partial charge in [-0.15, -0.1) is 10.2 Å². The van der Waals surface area contributed by atoms with E-state index >= 15 is 4.79 Å². The Balaban J connectivity index is 1.03. The Labute approximate surface area is 586 Å². The first kappa shape index (κ1) is 78.6. The molecule has 4 aliphatic heterocycles. The Kier molecular flexibility index (Phi) is 30.1. The number of carbonyl (C=O) groups is 7. The molecule has 4 aromatic rings. The van der Waals surface area contributed by atoms with Crippen LogP contribution in [-0.2, 0) is 49.3 Å². The summed E-state index contributed by atoms with van der Waals surface area (Å²) >= 11 is 1.41. The monoisotopic (exact) mass is 1440 g/mol. The van der Waals surface area contributed by atoms with Gasteiger partial charge in [-0.3, -0.25) is 33.6 Å². The highest BCUT2D eigenvalue weighted by atomic mass is 32.2. The molecule has 550 valence electrons. The van der Waals surface area contributed by atoms with Crippen LogP contribution in [0.4, 0.5) is 0 Å². The second-order valence-corrected chi connectivity index (χ2v) is 27.3. The molecule has 0 radical (unpaired) electrons. The van der Waals surface area contributed by atoms with Gasteiger partial charge in [0.1, 0.15) is 46.3 Å². The number of phenols is 1. The van der Waals surface area contributed by atoms with E-state index in [9.17, 15) is 74.7 Å². The molecule has 0 spiro atoms. The number of unbranched alkanes of at least 4 members (excludes halogenated alkanes) is 4. The molecule has 0 bridgehead atoms. The predicted molar refractivity (Wildman–Crippen MR) is 361 cm³/mol. The Morgan fingerprint density at radius 3 is 2.05 bits per heavy atom. The summed E-state index contributed by atoms with van der Waals surface area (Å²) in [4.78, 5) is 107. The van der Waals surface area contributed by atoms with E-state index in [1.807, 2.05) is 12.1 Å². The second kappa shape index (κ2) is 38.2. The number of amides is 7. The highest BCUT2D eigenvalue weighted by Crippen LogP contribution is 2.35. The van der Waals surface area contributed by atoms with Crippen LogP contribution in [0.2, 0.25) is 0 Å². The summed E-state index contributed by atoms with van der Waals surface area (Å²) in [6.45, 7) is 3.76. The summed E-state index contributed by atoms with van der Waals surface area (Å²) < 4.78 is 14.5. The number of methoxy groups -OCH3 is 1. The normalized spacial score (nSPS) is 25.1. The zero-order chi connectivity index (χ0) is 72.2. The van der Waals surface area contributed by atoms with E-state index in [1.165, 1.54) is 73.8 Å². The summed E-state index contributed by atoms with van der Waals surface area (Å²) in [6, 6.07) is 5.82. The number of piperidine rings is 1. The number of aliphatic hydroxyl groups excluding tert-OH is 8. The number of hydrogen-bond acceptors (Lipinski definition) is 27. The fourth-order valence-electron chi connectivity index (χ4n) is 12.8. The van der Waals surface area contributed by atoms with E-state index in [1.54, 1.807) is 19.2 Å². The Morgan fingerprint density at radius 1 is 0.750 bits per heavy atom. The van der Waals surface area contributed by atoms with Gasteiger partial charge in [-0.1, -0.05) is 89.4 Å². The van der Waals surface area contributed by atoms with Gasteiger partial charge >= 0.3 is 0 Å². The molecule has 0 saturated carbocycles. The van der Waals surface area contributed by atoms with Gasteiger partial charge in [0.2, 0.25) is 35.4 Å². The van der Waals surface area contributed by atoms with Crippen molar-refractivity contribution in [1.29, 1.82) is 0 Å². The zero-order valence-electron chi connectivity index (χ0n) is 55.9. The van der Waals surface area contributed by atoms with Gasteiger partial charge in [0, 0.05) is 75.2 Å². The Hall–Kier alpha value is -7.10. The van der Waals surface area contributed by atoms with Gasteiger partial charge in [-0.25, -0.2) is 5.26 Å². The molecule has 4 aliphatic rings. The van der Waals surface area contributed by atoms with Gasteiger partial charge in [0.15, 0.2) is 11.5 Å². The number of carbonyl (C=O) groups excluding carboxylic acids is 7. The minimum Gasteiger partial charge on any atom is -0.504 e. The van der Waals surface area contributed by atoms with Crippen LogP contribution in [0.1, 0.15) is 105 Å². The standard InChI is InChI=1S/C66H93N11O21S2/c1-36-32-77-56(57(36)86)62(91)68-31-45(81)29-47(69-58(87)41-12-16-43(17-13-41)64-74-73-63(99-64)42-14-10-39(11-15-42)40-20-24-75(25-21-40)23-7-5-4-6-8-26-95-3)59(88)70-53(37(2)80)65(92)76-33-46(82)30-48(76)60(89)71-54(51(85)27-38-9-18-49(83)52(28-38)96-100-98-97-94)61(90)72-55(66(77)93)50(84)19-22-67-44(34-78)35-79/h9-18,28,36-37,40,44-48,50-51,53-57,67,78-86,94H,4-8,19-27,29-35H2,1-3H3,(H,68,91)(H,69,87)(H,70,88)(H,71,89)(H,72,90)/t36-,37+,45+,46+,47-,48-,50+,51+,53-,54-,55-,56-,57-/m0/s1. The van der Waals surface area contributed by atoms with E-state index < -0.39 is 184 Å². The quantitative estimate of drug-likeness (QED) is 0.0140. The summed E-state index contributed by atoms with van der Waals surface area (Å²) in [6.07, 6.45) is -4.51. The number of aromatic hydroxyl groups is 1. The van der Waals surface area contributed by atoms with Crippen LogP contribution < -0.4 is 36.1 Å². The molecule has 4 saturated heterocycles. The van der Waals surface area contributed by atoms with Crippen molar-refractivity contribution in [2.45, 2.75) is 169 Å². The first-order chi connectivity index (χ1) is 48.0. The van der Waals surface area contributed by atoms with Crippen LogP contribution in [0, 0.1) is 5.92 Å². The summed E-state index contributed by atoms with van der Waals surface area (Å²) in [5, 5.41) is 136. The van der Waals surface area contributed by atoms with E-state index in [-0.39, 0.29) is 42.3 Å². The molecule has 4 fully saturated rings. The highest BCUT2D eigenvalue weighted by molar-refractivity contribution is 7.90. The van der Waals surface area contributed by atoms with Crippen molar-refractivity contribution in [3.63, 3.8) is 0 Å². The largest absolute Gasteiger partial charge is 0.504 e. The molecule has 0 aliphatic carbocycles. The Bertz CT molecular complexity index is 3330. The predicted octanol–water partition coefficient (Wildman–Crippen LogP) is -1.00. The van der Waals surface area contributed by atoms with Crippen molar-refractivity contribution in [2.24, 2.45) is 5.92 Å². The van der Waals surface area contributed by atoms with Crippen molar-refractivity contribution >= 4 is 65.0 Å². The smallest absolute Gasteiger partial charge is 0.261 e. The minimum absolute atomic E-state index is 0.0233. The summed E-state index contributed by atoms with van der Waals surface area (Å²) in [7, 11) is 1.74. The van der Waals surface area contributed by atoms with E-state index in [2.05, 4.69) is 68.5 Å². The fourth-order valence-corrected chi connectivity index (χ4v) is 14.0. The number of fused-ring (bicyclic) bond motifs is 2. The Morgan fingerprint density at radius 2 is 1.39 bits per heavy atom. The van der Waals surface area contributed by atoms with Crippen molar-refractivity contribution in [3.05, 3.63) is 83.4 Å². The molecule has 32 nitrogen and oxygen atoms in total. The number of rotatable bonds is 28. The molecule has 100 heavy (non-hydrogen) atoms. The molecule has 8 rings (SSSR count). The van der Waals surface area contributed by atoms with Gasteiger partial charge < -0.3 is 101 Å². The molecule has 3 aromatic carbocycles. The topological polar surface area (TPSA) is 466 Å². The number of hydrogen-bond donors (Lipinski definition) is 16. The number of β-amino-alcohol motifs (C(OH)–C–C–N with tert-alkyl or cyclic N) is 1. The van der Waals surface area contributed by atoms with Crippen molar-refractivity contribution in [2.75, 3.05) is 72.7 Å². The molecule has 34 heteroatoms. The third kappa shape index (κ3) is 21.3. The number of phenolic OH excluding ortho intramolecular Hbond substituents is 1. The van der Waals surface area contributed by atoms with Gasteiger partial charge in [0.25, 0.3) is 18.2 Å². The SMILES string of the molecule is COCCCCCCCN1CCC(c2ccc(-c3nnc(-c4ccc(C(=O)N[C@H]5C[C@@H](O)CNC(=O)[C@@H]6[C@@H](O)[C@@H](C)CN6C(=O)[C@H]([C@H](O)CCNC(CO)CO)NC(=O)[C@H]([C@H](O)Cc6ccc(O)c(OSOOO)c6)NC(=O)[C@@H]6C[C@@H](O)CN6C(=O)[C@H]([C@@H](C)O)NC5=O)cc4)s3)cc2)CC1. The average molecular weight is 1440 g/mol. The van der Waals surface area contributed by atoms with E-state index in [0.717, 1.165) is 73.9 Å². The maximum Gasteiger partial charge on any atom is 0.261 e. The molecular formula is C66H93N11O21S2. The van der Waals surface area contributed by atoms with E-state index in [0.29, 0.717) is 21.5 Å². The number of aromatic nitrogens is 2. The average Bonchev–Trinajstić information content (AvgIpc) is 1.63. The first-order valence-corrected chi connectivity index (χ1v) is 35.0. The molecule has 7 amide bonds. The van der Waals surface area contributed by atoms with Crippen molar-refractivity contribution in [3.8, 4) is 32.6 Å². The number of nitrogens with zero attached hydrogens (tertiary/aromatic N) is 5. The number of benzene rings is 3. The van der Waals surface area contributed by atoms with E-state index in [4.69, 9.17) is 14.2 Å². The lowest BCUT2D eigenvalue weighted by Gasteiger charge is -2.34. The lowest BCUT2D eigenvalue weighted by molar-refractivity contribution is -0.433. The summed E-state index contributed by atoms with van der Waals surface area (Å²) in [5.41, 5.74) is 2.90. The van der Waals surface area contributed by atoms with Gasteiger partial charge in [0.05, 0.1) is 55.9 Å². The third-order valence-electron chi connectivity index (χ3n) is 18.6. The van der Waals surface area contributed by atoms with Gasteiger partial charge in [-0.05, 0) is 107 Å². The first-order valence-electron chi connectivity index (χ1n) is 33.6. The number of aliphatic hydroxyl groups is 8. The zero-order valence-corrected chi connectivity index (χ0v) is 57.5. The molecular weight excluding hydrogens is 1350 g/mol. The molecule has 0 unspecified atom stereocenters. The van der Waals surface area contributed by atoms with Crippen LogP contribution >= 0.6 is 23.7 Å². The van der Waals surface area contributed by atoms with Crippen molar-refractivity contribution < 1.29 is 103 Å². The highest BCUT2D eigenvalue weighted by Gasteiger charge is 2.50. The van der Waals surface area contributed by atoms with Crippen LogP contribution in [0.25, 0.3) is 21.1 Å². The second-order valence-electron chi connectivity index (χ2n) is 25.9. The fraction of sp³-hybridized carbons (Fsp3) is 0.591. The van der Waals surface area contributed by atoms with Crippen LogP contribution in [0.5, 0.6) is 11.5 Å². The van der Waals surface area contributed by atoms with Crippen LogP contribution in [0.15, 0.2) is 66.7 Å². The van der Waals surface area contributed by atoms with Crippen LogP contribution in [0.3, 0.4) is 0 Å². The molecule has 1 aromatic heterocycles. The lowest BCUT2D eigenvalue weighted by atomic mass is 9.89. The maximum atomic E-state index is 15.0. The molecule has 16 N–H and O–H groups in total. The van der Waals surface area contributed by atoms with Crippen molar-refractivity contribution in [1.82, 2.24) is 56.8 Å².